The SMILES string of the molecule is CC(NC1CCOCC1)c1cnn(-c2ccccc2)c1. The van der Waals surface area contributed by atoms with Crippen LogP contribution in [0, 0.1) is 0 Å². The molecule has 1 aliphatic heterocycles. The molecule has 4 nitrogen and oxygen atoms in total. The quantitative estimate of drug-likeness (QED) is 0.929. The van der Waals surface area contributed by atoms with Gasteiger partial charge < -0.3 is 10.1 Å². The first kappa shape index (κ1) is 13.3. The normalized spacial score (nSPS) is 18.1. The highest BCUT2D eigenvalue weighted by atomic mass is 16.5. The zero-order chi connectivity index (χ0) is 13.8. The summed E-state index contributed by atoms with van der Waals surface area (Å²) in [4.78, 5) is 0. The highest BCUT2D eigenvalue weighted by Gasteiger charge is 2.17. The largest absolute Gasteiger partial charge is 0.381 e. The minimum absolute atomic E-state index is 0.315. The van der Waals surface area contributed by atoms with Crippen LogP contribution in [-0.2, 0) is 4.74 Å². The van der Waals surface area contributed by atoms with Gasteiger partial charge in [0.25, 0.3) is 0 Å². The van der Waals surface area contributed by atoms with E-state index < -0.39 is 0 Å². The average molecular weight is 271 g/mol. The Labute approximate surface area is 119 Å². The van der Waals surface area contributed by atoms with Gasteiger partial charge in [-0.2, -0.15) is 5.10 Å². The van der Waals surface area contributed by atoms with Gasteiger partial charge in [-0.15, -0.1) is 0 Å². The smallest absolute Gasteiger partial charge is 0.0645 e. The molecule has 106 valence electrons. The Bertz CT molecular complexity index is 532. The zero-order valence-corrected chi connectivity index (χ0v) is 11.8. The second kappa shape index (κ2) is 6.20. The molecule has 0 bridgehead atoms. The molecule has 0 saturated carbocycles. The third-order valence-electron chi connectivity index (χ3n) is 3.83. The van der Waals surface area contributed by atoms with Crippen LogP contribution in [0.5, 0.6) is 0 Å². The molecular weight excluding hydrogens is 250 g/mol. The van der Waals surface area contributed by atoms with Gasteiger partial charge >= 0.3 is 0 Å². The Morgan fingerprint density at radius 2 is 2.00 bits per heavy atom. The molecule has 0 radical (unpaired) electrons. The summed E-state index contributed by atoms with van der Waals surface area (Å²) >= 11 is 0. The number of nitrogens with zero attached hydrogens (tertiary/aromatic N) is 2. The van der Waals surface area contributed by atoms with Crippen molar-refractivity contribution in [1.82, 2.24) is 15.1 Å². The van der Waals surface area contributed by atoms with Gasteiger partial charge in [0.1, 0.15) is 0 Å². The highest BCUT2D eigenvalue weighted by molar-refractivity contribution is 5.31. The number of hydrogen-bond donors (Lipinski definition) is 1. The van der Waals surface area contributed by atoms with Crippen LogP contribution in [0.1, 0.15) is 31.4 Å². The predicted molar refractivity (Wildman–Crippen MR) is 79.0 cm³/mol. The molecule has 20 heavy (non-hydrogen) atoms. The first-order chi connectivity index (χ1) is 9.83. The maximum atomic E-state index is 5.39. The molecule has 1 saturated heterocycles. The Kier molecular flexibility index (Phi) is 4.14. The fourth-order valence-corrected chi connectivity index (χ4v) is 2.60. The fraction of sp³-hybridized carbons (Fsp3) is 0.438. The second-order valence-electron chi connectivity index (χ2n) is 5.33. The standard InChI is InChI=1S/C16H21N3O/c1-13(18-15-7-9-20-10-8-15)14-11-17-19(12-14)16-5-3-2-4-6-16/h2-6,11-13,15,18H,7-10H2,1H3. The Morgan fingerprint density at radius 3 is 2.75 bits per heavy atom. The van der Waals surface area contributed by atoms with E-state index in [1.165, 1.54) is 5.56 Å². The summed E-state index contributed by atoms with van der Waals surface area (Å²) in [7, 11) is 0. The monoisotopic (exact) mass is 271 g/mol. The van der Waals surface area contributed by atoms with Crippen molar-refractivity contribution in [3.63, 3.8) is 0 Å². The molecule has 0 amide bonds. The van der Waals surface area contributed by atoms with E-state index >= 15 is 0 Å². The Balaban J connectivity index is 1.66. The van der Waals surface area contributed by atoms with E-state index in [0.717, 1.165) is 31.7 Å². The lowest BCUT2D eigenvalue weighted by Crippen LogP contribution is -2.36. The molecule has 1 atom stereocenters. The fourth-order valence-electron chi connectivity index (χ4n) is 2.60. The predicted octanol–water partition coefficient (Wildman–Crippen LogP) is 2.70. The van der Waals surface area contributed by atoms with Gasteiger partial charge in [0.05, 0.1) is 11.9 Å². The van der Waals surface area contributed by atoms with E-state index in [1.807, 2.05) is 29.1 Å². The lowest BCUT2D eigenvalue weighted by atomic mass is 10.1. The van der Waals surface area contributed by atoms with Crippen LogP contribution >= 0.6 is 0 Å². The van der Waals surface area contributed by atoms with Crippen molar-refractivity contribution >= 4 is 0 Å². The van der Waals surface area contributed by atoms with E-state index in [9.17, 15) is 0 Å². The third-order valence-corrected chi connectivity index (χ3v) is 3.83. The maximum Gasteiger partial charge on any atom is 0.0645 e. The van der Waals surface area contributed by atoms with Gasteiger partial charge in [-0.25, -0.2) is 4.68 Å². The van der Waals surface area contributed by atoms with E-state index in [0.29, 0.717) is 12.1 Å². The maximum absolute atomic E-state index is 5.39. The number of benzene rings is 1. The molecule has 1 aromatic heterocycles. The van der Waals surface area contributed by atoms with Crippen molar-refractivity contribution in [3.8, 4) is 5.69 Å². The van der Waals surface area contributed by atoms with Crippen molar-refractivity contribution in [2.24, 2.45) is 0 Å². The van der Waals surface area contributed by atoms with Gasteiger partial charge in [-0.3, -0.25) is 0 Å². The van der Waals surface area contributed by atoms with E-state index in [4.69, 9.17) is 4.74 Å². The topological polar surface area (TPSA) is 39.1 Å². The van der Waals surface area contributed by atoms with Gasteiger partial charge in [0.2, 0.25) is 0 Å². The highest BCUT2D eigenvalue weighted by Crippen LogP contribution is 2.17. The van der Waals surface area contributed by atoms with Crippen LogP contribution in [0.4, 0.5) is 0 Å². The lowest BCUT2D eigenvalue weighted by molar-refractivity contribution is 0.0754. The van der Waals surface area contributed by atoms with Crippen LogP contribution < -0.4 is 5.32 Å². The summed E-state index contributed by atoms with van der Waals surface area (Å²) in [6.07, 6.45) is 6.24. The first-order valence-electron chi connectivity index (χ1n) is 7.27. The number of nitrogens with one attached hydrogen (secondary N) is 1. The first-order valence-corrected chi connectivity index (χ1v) is 7.27. The Hall–Kier alpha value is -1.65. The average Bonchev–Trinajstić information content (AvgIpc) is 2.99. The minimum Gasteiger partial charge on any atom is -0.381 e. The summed E-state index contributed by atoms with van der Waals surface area (Å²) in [6.45, 7) is 3.93. The third kappa shape index (κ3) is 3.08. The second-order valence-corrected chi connectivity index (χ2v) is 5.33. The number of para-hydroxylation sites is 1. The number of aromatic nitrogens is 2. The molecule has 4 heteroatoms. The van der Waals surface area contributed by atoms with E-state index in [2.05, 4.69) is 35.7 Å². The van der Waals surface area contributed by atoms with Gasteiger partial charge in [0.15, 0.2) is 0 Å². The molecular formula is C16H21N3O. The number of hydrogen-bond acceptors (Lipinski definition) is 3. The molecule has 1 unspecified atom stereocenters. The summed E-state index contributed by atoms with van der Waals surface area (Å²) in [5.41, 5.74) is 2.32. The molecule has 1 aromatic carbocycles. The van der Waals surface area contributed by atoms with Crippen molar-refractivity contribution in [1.29, 1.82) is 0 Å². The summed E-state index contributed by atoms with van der Waals surface area (Å²) in [6, 6.07) is 11.1. The minimum atomic E-state index is 0.315. The molecule has 0 spiro atoms. The lowest BCUT2D eigenvalue weighted by Gasteiger charge is -2.26. The molecule has 2 aromatic rings. The van der Waals surface area contributed by atoms with E-state index in [-0.39, 0.29) is 0 Å². The van der Waals surface area contributed by atoms with Gasteiger partial charge in [0, 0.05) is 37.1 Å². The molecule has 1 N–H and O–H groups in total. The van der Waals surface area contributed by atoms with Gasteiger partial charge in [-0.05, 0) is 31.9 Å². The van der Waals surface area contributed by atoms with Crippen LogP contribution in [0.2, 0.25) is 0 Å². The zero-order valence-electron chi connectivity index (χ0n) is 11.8. The van der Waals surface area contributed by atoms with Crippen molar-refractivity contribution in [3.05, 3.63) is 48.3 Å². The van der Waals surface area contributed by atoms with E-state index in [1.54, 1.807) is 0 Å². The van der Waals surface area contributed by atoms with Crippen LogP contribution in [0.3, 0.4) is 0 Å². The Morgan fingerprint density at radius 1 is 1.25 bits per heavy atom. The van der Waals surface area contributed by atoms with Gasteiger partial charge in [-0.1, -0.05) is 18.2 Å². The molecule has 1 aliphatic rings. The van der Waals surface area contributed by atoms with Crippen molar-refractivity contribution in [2.45, 2.75) is 31.8 Å². The molecule has 0 aliphatic carbocycles. The molecule has 2 heterocycles. The number of rotatable bonds is 4. The summed E-state index contributed by atoms with van der Waals surface area (Å²) < 4.78 is 7.32. The van der Waals surface area contributed by atoms with Crippen LogP contribution in [-0.4, -0.2) is 29.0 Å². The molecule has 3 rings (SSSR count). The summed E-state index contributed by atoms with van der Waals surface area (Å²) in [5.74, 6) is 0. The van der Waals surface area contributed by atoms with Crippen molar-refractivity contribution < 1.29 is 4.74 Å². The van der Waals surface area contributed by atoms with Crippen LogP contribution in [0.15, 0.2) is 42.7 Å². The summed E-state index contributed by atoms with van der Waals surface area (Å²) in [5, 5.41) is 8.12. The van der Waals surface area contributed by atoms with Crippen LogP contribution in [0.25, 0.3) is 5.69 Å². The molecule has 1 fully saturated rings. The number of ether oxygens (including phenoxy) is 1. The van der Waals surface area contributed by atoms with Crippen molar-refractivity contribution in [2.75, 3.05) is 13.2 Å².